The SMILES string of the molecule is Cn1c(N2CC(O)C2)nc2oc(-c3ccc(C4(NC(=O)OC(C)(C)C)CCC4)cc3)c(-c3ccccc3)c2c1=O. The Morgan fingerprint density at radius 3 is 2.33 bits per heavy atom. The van der Waals surface area contributed by atoms with Gasteiger partial charge in [0.1, 0.15) is 16.7 Å². The smallest absolute Gasteiger partial charge is 0.408 e. The Morgan fingerprint density at radius 1 is 1.07 bits per heavy atom. The fourth-order valence-electron chi connectivity index (χ4n) is 5.56. The molecular formula is C31H34N4O5. The Balaban J connectivity index is 1.42. The van der Waals surface area contributed by atoms with Gasteiger partial charge in [-0.15, -0.1) is 0 Å². The largest absolute Gasteiger partial charge is 0.444 e. The second kappa shape index (κ2) is 9.52. The number of anilines is 1. The molecule has 2 aromatic carbocycles. The molecule has 2 fully saturated rings. The third-order valence-corrected chi connectivity index (χ3v) is 7.76. The molecule has 3 heterocycles. The summed E-state index contributed by atoms with van der Waals surface area (Å²) >= 11 is 0. The average Bonchev–Trinajstić information content (AvgIpc) is 3.26. The summed E-state index contributed by atoms with van der Waals surface area (Å²) in [5.74, 6) is 1.03. The van der Waals surface area contributed by atoms with Crippen LogP contribution in [-0.2, 0) is 17.3 Å². The molecule has 9 nitrogen and oxygen atoms in total. The number of furan rings is 1. The van der Waals surface area contributed by atoms with Gasteiger partial charge in [0.15, 0.2) is 0 Å². The van der Waals surface area contributed by atoms with Crippen molar-refractivity contribution in [2.45, 2.75) is 57.3 Å². The lowest BCUT2D eigenvalue weighted by atomic mass is 9.71. The van der Waals surface area contributed by atoms with Crippen molar-refractivity contribution in [1.29, 1.82) is 0 Å². The van der Waals surface area contributed by atoms with E-state index in [2.05, 4.69) is 5.32 Å². The van der Waals surface area contributed by atoms with Gasteiger partial charge < -0.3 is 24.5 Å². The summed E-state index contributed by atoms with van der Waals surface area (Å²) in [6.07, 6.45) is 1.83. The maximum absolute atomic E-state index is 13.7. The highest BCUT2D eigenvalue weighted by atomic mass is 16.6. The Bertz CT molecular complexity index is 1620. The molecule has 9 heteroatoms. The van der Waals surface area contributed by atoms with Gasteiger partial charge in [-0.2, -0.15) is 4.98 Å². The second-order valence-electron chi connectivity index (χ2n) is 11.8. The van der Waals surface area contributed by atoms with Gasteiger partial charge in [0.25, 0.3) is 5.56 Å². The first-order chi connectivity index (χ1) is 19.0. The highest BCUT2D eigenvalue weighted by molar-refractivity contribution is 6.00. The molecule has 0 radical (unpaired) electrons. The van der Waals surface area contributed by atoms with Crippen molar-refractivity contribution in [1.82, 2.24) is 14.9 Å². The maximum atomic E-state index is 13.7. The summed E-state index contributed by atoms with van der Waals surface area (Å²) in [6, 6.07) is 17.6. The molecule has 0 atom stereocenters. The number of aliphatic hydroxyl groups is 1. The Hall–Kier alpha value is -4.11. The zero-order valence-corrected chi connectivity index (χ0v) is 23.2. The predicted octanol–water partition coefficient (Wildman–Crippen LogP) is 4.95. The molecule has 1 aliphatic carbocycles. The van der Waals surface area contributed by atoms with Gasteiger partial charge in [0.2, 0.25) is 11.7 Å². The summed E-state index contributed by atoms with van der Waals surface area (Å²) in [5, 5.41) is 13.3. The standard InChI is InChI=1S/C31H34N4O5/c1-30(2,3)40-29(38)33-31(15-8-16-31)21-13-11-20(12-14-21)25-23(19-9-6-5-7-10-19)24-26(39-25)32-28(34(4)27(24)37)35-17-22(36)18-35/h5-7,9-14,22,36H,8,15-18H2,1-4H3,(H,33,38). The molecule has 0 bridgehead atoms. The number of benzene rings is 2. The quantitative estimate of drug-likeness (QED) is 0.367. The topological polar surface area (TPSA) is 110 Å². The highest BCUT2D eigenvalue weighted by Crippen LogP contribution is 2.44. The van der Waals surface area contributed by atoms with Crippen LogP contribution in [0.5, 0.6) is 0 Å². The van der Waals surface area contributed by atoms with Crippen molar-refractivity contribution in [3.63, 3.8) is 0 Å². The van der Waals surface area contributed by atoms with E-state index in [9.17, 15) is 14.7 Å². The number of hydrogen-bond acceptors (Lipinski definition) is 7. The van der Waals surface area contributed by atoms with Gasteiger partial charge in [-0.1, -0.05) is 54.6 Å². The van der Waals surface area contributed by atoms with Crippen LogP contribution in [0.4, 0.5) is 10.7 Å². The highest BCUT2D eigenvalue weighted by Gasteiger charge is 2.41. The number of alkyl carbamates (subject to hydrolysis) is 1. The minimum Gasteiger partial charge on any atom is -0.444 e. The van der Waals surface area contributed by atoms with Crippen LogP contribution < -0.4 is 15.8 Å². The number of rotatable bonds is 5. The Labute approximate surface area is 232 Å². The van der Waals surface area contributed by atoms with Crippen LogP contribution in [0.2, 0.25) is 0 Å². The van der Waals surface area contributed by atoms with Crippen molar-refractivity contribution >= 4 is 23.1 Å². The summed E-state index contributed by atoms with van der Waals surface area (Å²) in [4.78, 5) is 32.9. The minimum atomic E-state index is -0.575. The number of hydrogen-bond donors (Lipinski definition) is 2. The van der Waals surface area contributed by atoms with E-state index < -0.39 is 23.3 Å². The second-order valence-corrected chi connectivity index (χ2v) is 11.8. The number of nitrogens with one attached hydrogen (secondary N) is 1. The molecule has 4 aromatic rings. The lowest BCUT2D eigenvalue weighted by Crippen LogP contribution is -2.52. The third kappa shape index (κ3) is 4.54. The first-order valence-electron chi connectivity index (χ1n) is 13.7. The molecule has 2 aliphatic rings. The number of ether oxygens (including phenoxy) is 1. The molecule has 2 N–H and O–H groups in total. The molecule has 1 aliphatic heterocycles. The van der Waals surface area contributed by atoms with Crippen LogP contribution in [0.25, 0.3) is 33.6 Å². The zero-order chi connectivity index (χ0) is 28.2. The number of fused-ring (bicyclic) bond motifs is 1. The van der Waals surface area contributed by atoms with Crippen LogP contribution in [0, 0.1) is 0 Å². The van der Waals surface area contributed by atoms with Crippen molar-refractivity contribution < 1.29 is 19.1 Å². The molecule has 1 saturated carbocycles. The van der Waals surface area contributed by atoms with Gasteiger partial charge >= 0.3 is 6.09 Å². The van der Waals surface area contributed by atoms with Crippen molar-refractivity contribution in [3.05, 3.63) is 70.5 Å². The lowest BCUT2D eigenvalue weighted by Gasteiger charge is -2.43. The molecule has 6 rings (SSSR count). The van der Waals surface area contributed by atoms with Crippen LogP contribution in [0.1, 0.15) is 45.6 Å². The molecule has 208 valence electrons. The normalized spacial score (nSPS) is 16.9. The van der Waals surface area contributed by atoms with Crippen LogP contribution >= 0.6 is 0 Å². The fourth-order valence-corrected chi connectivity index (χ4v) is 5.56. The monoisotopic (exact) mass is 542 g/mol. The lowest BCUT2D eigenvalue weighted by molar-refractivity contribution is 0.0377. The molecule has 2 aromatic heterocycles. The van der Waals surface area contributed by atoms with E-state index in [1.54, 1.807) is 7.05 Å². The number of carbonyl (C=O) groups is 1. The van der Waals surface area contributed by atoms with Gasteiger partial charge in [0, 0.05) is 31.3 Å². The van der Waals surface area contributed by atoms with Gasteiger partial charge in [-0.3, -0.25) is 9.36 Å². The Kier molecular flexibility index (Phi) is 6.22. The van der Waals surface area contributed by atoms with Crippen LogP contribution in [0.15, 0.2) is 63.8 Å². The van der Waals surface area contributed by atoms with Crippen LogP contribution in [-0.4, -0.2) is 45.5 Å². The van der Waals surface area contributed by atoms with Crippen molar-refractivity contribution in [2.75, 3.05) is 18.0 Å². The Morgan fingerprint density at radius 2 is 1.75 bits per heavy atom. The number of amides is 1. The van der Waals surface area contributed by atoms with E-state index in [-0.39, 0.29) is 11.3 Å². The third-order valence-electron chi connectivity index (χ3n) is 7.76. The van der Waals surface area contributed by atoms with Gasteiger partial charge in [0.05, 0.1) is 11.6 Å². The molecule has 40 heavy (non-hydrogen) atoms. The number of aromatic nitrogens is 2. The molecule has 0 spiro atoms. The number of aliphatic hydroxyl groups excluding tert-OH is 1. The maximum Gasteiger partial charge on any atom is 0.408 e. The average molecular weight is 543 g/mol. The predicted molar refractivity (Wildman–Crippen MR) is 153 cm³/mol. The summed E-state index contributed by atoms with van der Waals surface area (Å²) < 4.78 is 13.4. The number of nitrogens with zero attached hydrogens (tertiary/aromatic N) is 3. The van der Waals surface area contributed by atoms with Gasteiger partial charge in [-0.05, 0) is 51.2 Å². The number of β-amino-alcohol motifs (C(OH)–C–C–N with tert-alkyl or cyclic N) is 1. The molecule has 1 amide bonds. The van der Waals surface area contributed by atoms with E-state index in [1.807, 2.05) is 80.3 Å². The fraction of sp³-hybridized carbons (Fsp3) is 0.387. The summed E-state index contributed by atoms with van der Waals surface area (Å²) in [5.41, 5.74) is 2.36. The van der Waals surface area contributed by atoms with E-state index in [0.29, 0.717) is 35.7 Å². The summed E-state index contributed by atoms with van der Waals surface area (Å²) in [6.45, 7) is 6.40. The van der Waals surface area contributed by atoms with E-state index in [4.69, 9.17) is 14.1 Å². The number of carbonyl (C=O) groups excluding carboxylic acids is 1. The van der Waals surface area contributed by atoms with Crippen molar-refractivity contribution in [3.8, 4) is 22.5 Å². The first-order valence-corrected chi connectivity index (χ1v) is 13.7. The first kappa shape index (κ1) is 26.1. The zero-order valence-electron chi connectivity index (χ0n) is 23.2. The molecular weight excluding hydrogens is 508 g/mol. The van der Waals surface area contributed by atoms with Crippen LogP contribution in [0.3, 0.4) is 0 Å². The van der Waals surface area contributed by atoms with E-state index in [0.717, 1.165) is 36.0 Å². The van der Waals surface area contributed by atoms with E-state index in [1.165, 1.54) is 4.57 Å². The minimum absolute atomic E-state index is 0.207. The van der Waals surface area contributed by atoms with Gasteiger partial charge in [-0.25, -0.2) is 4.79 Å². The summed E-state index contributed by atoms with van der Waals surface area (Å²) in [7, 11) is 1.70. The van der Waals surface area contributed by atoms with E-state index >= 15 is 0 Å². The van der Waals surface area contributed by atoms with Crippen molar-refractivity contribution in [2.24, 2.45) is 7.05 Å². The molecule has 0 unspecified atom stereocenters. The molecule has 1 saturated heterocycles.